The average Bonchev–Trinajstić information content (AvgIpc) is 2.62. The summed E-state index contributed by atoms with van der Waals surface area (Å²) in [4.78, 5) is 9.99. The van der Waals surface area contributed by atoms with Gasteiger partial charge >= 0.3 is 5.97 Å². The van der Waals surface area contributed by atoms with Gasteiger partial charge in [-0.3, -0.25) is 0 Å². The van der Waals surface area contributed by atoms with E-state index < -0.39 is 20.9 Å². The van der Waals surface area contributed by atoms with Crippen molar-refractivity contribution >= 4 is 21.7 Å². The molecule has 0 aromatic heterocycles. The molecule has 0 aliphatic carbocycles. The minimum Gasteiger partial charge on any atom is -0.487 e. The van der Waals surface area contributed by atoms with E-state index in [1.54, 1.807) is 18.2 Å². The largest absolute Gasteiger partial charge is 0.487 e. The smallest absolute Gasteiger partial charge is 0.349 e. The zero-order valence-corrected chi connectivity index (χ0v) is 10.8. The number of rotatable bonds is 4. The molecule has 1 aromatic carbocycles. The molecule has 1 aliphatic heterocycles. The summed E-state index contributed by atoms with van der Waals surface area (Å²) in [6.45, 7) is 1.80. The standard InChI is InChI=1S/C12H11NO5S/c1-8-3-2-4-10(5-8)18-7-9-6-11(12(14)15)19(16,17)13-9/h2-6H,7H2,1H3,(H,14,15). The van der Waals surface area contributed by atoms with E-state index in [1.165, 1.54) is 0 Å². The van der Waals surface area contributed by atoms with Gasteiger partial charge in [-0.1, -0.05) is 12.1 Å². The molecule has 1 aliphatic rings. The molecule has 1 aromatic rings. The highest BCUT2D eigenvalue weighted by Crippen LogP contribution is 2.18. The summed E-state index contributed by atoms with van der Waals surface area (Å²) < 4.78 is 31.5. The minimum absolute atomic E-state index is 0.0684. The molecule has 2 rings (SSSR count). The molecule has 0 radical (unpaired) electrons. The number of nitrogens with zero attached hydrogens (tertiary/aromatic N) is 1. The van der Waals surface area contributed by atoms with Gasteiger partial charge in [-0.05, 0) is 30.7 Å². The third-order valence-electron chi connectivity index (χ3n) is 2.40. The molecule has 0 bridgehead atoms. The van der Waals surface area contributed by atoms with Gasteiger partial charge in [0, 0.05) is 0 Å². The second-order valence-corrected chi connectivity index (χ2v) is 5.55. The van der Waals surface area contributed by atoms with E-state index in [-0.39, 0.29) is 12.3 Å². The lowest BCUT2D eigenvalue weighted by molar-refractivity contribution is -0.131. The Kier molecular flexibility index (Phi) is 3.39. The Balaban J connectivity index is 2.12. The zero-order valence-electron chi connectivity index (χ0n) is 10.0. The fraction of sp³-hybridized carbons (Fsp3) is 0.167. The SMILES string of the molecule is Cc1cccc(OCC2=NS(=O)(=O)C(C(=O)O)=C2)c1. The molecule has 100 valence electrons. The van der Waals surface area contributed by atoms with E-state index in [0.29, 0.717) is 5.75 Å². The van der Waals surface area contributed by atoms with Crippen molar-refractivity contribution in [3.8, 4) is 5.75 Å². The van der Waals surface area contributed by atoms with Gasteiger partial charge in [0.25, 0.3) is 10.0 Å². The maximum Gasteiger partial charge on any atom is 0.349 e. The van der Waals surface area contributed by atoms with E-state index in [4.69, 9.17) is 9.84 Å². The highest BCUT2D eigenvalue weighted by molar-refractivity contribution is 7.95. The van der Waals surface area contributed by atoms with E-state index in [0.717, 1.165) is 11.6 Å². The van der Waals surface area contributed by atoms with Gasteiger partial charge in [-0.15, -0.1) is 0 Å². The van der Waals surface area contributed by atoms with Crippen LogP contribution >= 0.6 is 0 Å². The van der Waals surface area contributed by atoms with Crippen molar-refractivity contribution in [1.29, 1.82) is 0 Å². The maximum absolute atomic E-state index is 11.4. The first-order valence-corrected chi connectivity index (χ1v) is 6.81. The summed E-state index contributed by atoms with van der Waals surface area (Å²) >= 11 is 0. The molecule has 0 saturated carbocycles. The summed E-state index contributed by atoms with van der Waals surface area (Å²) in [6, 6.07) is 7.20. The highest BCUT2D eigenvalue weighted by Gasteiger charge is 2.30. The molecule has 1 N–H and O–H groups in total. The Labute approximate surface area is 110 Å². The molecule has 0 atom stereocenters. The van der Waals surface area contributed by atoms with Crippen molar-refractivity contribution in [2.24, 2.45) is 4.40 Å². The van der Waals surface area contributed by atoms with Crippen molar-refractivity contribution in [3.05, 3.63) is 40.8 Å². The Morgan fingerprint density at radius 1 is 1.42 bits per heavy atom. The Bertz CT molecular complexity index is 688. The van der Waals surface area contributed by atoms with Gasteiger partial charge in [0.2, 0.25) is 0 Å². The molecule has 6 nitrogen and oxygen atoms in total. The fourth-order valence-electron chi connectivity index (χ4n) is 1.56. The highest BCUT2D eigenvalue weighted by atomic mass is 32.2. The Hall–Kier alpha value is -2.15. The van der Waals surface area contributed by atoms with Gasteiger partial charge in [-0.2, -0.15) is 12.8 Å². The van der Waals surface area contributed by atoms with Crippen LogP contribution in [-0.4, -0.2) is 31.8 Å². The third-order valence-corrected chi connectivity index (χ3v) is 3.72. The van der Waals surface area contributed by atoms with Gasteiger partial charge in [0.05, 0.1) is 5.71 Å². The van der Waals surface area contributed by atoms with Gasteiger partial charge in [0.15, 0.2) is 4.91 Å². The summed E-state index contributed by atoms with van der Waals surface area (Å²) in [5.74, 6) is -0.952. The van der Waals surface area contributed by atoms with Crippen LogP contribution in [0.3, 0.4) is 0 Å². The quantitative estimate of drug-likeness (QED) is 0.892. The van der Waals surface area contributed by atoms with E-state index in [9.17, 15) is 13.2 Å². The number of aliphatic carboxylic acids is 1. The third kappa shape index (κ3) is 3.00. The number of hydrogen-bond acceptors (Lipinski definition) is 4. The van der Waals surface area contributed by atoms with Crippen LogP contribution in [0.15, 0.2) is 39.6 Å². The van der Waals surface area contributed by atoms with Crippen molar-refractivity contribution in [2.45, 2.75) is 6.92 Å². The number of benzene rings is 1. The van der Waals surface area contributed by atoms with Gasteiger partial charge in [0.1, 0.15) is 12.4 Å². The number of aryl methyl sites for hydroxylation is 1. The number of carboxylic acids is 1. The van der Waals surface area contributed by atoms with E-state index >= 15 is 0 Å². The first-order valence-electron chi connectivity index (χ1n) is 5.37. The summed E-state index contributed by atoms with van der Waals surface area (Å²) in [5, 5.41) is 8.73. The van der Waals surface area contributed by atoms with E-state index in [1.807, 2.05) is 13.0 Å². The second-order valence-electron chi connectivity index (χ2n) is 3.98. The van der Waals surface area contributed by atoms with Crippen LogP contribution in [0.4, 0.5) is 0 Å². The second kappa shape index (κ2) is 4.85. The normalized spacial score (nSPS) is 16.7. The van der Waals surface area contributed by atoms with Crippen LogP contribution in [-0.2, 0) is 14.8 Å². The molecule has 0 spiro atoms. The first kappa shape index (κ1) is 13.3. The van der Waals surface area contributed by atoms with Crippen molar-refractivity contribution in [2.75, 3.05) is 6.61 Å². The van der Waals surface area contributed by atoms with Crippen LogP contribution in [0.1, 0.15) is 5.56 Å². The lowest BCUT2D eigenvalue weighted by Crippen LogP contribution is -2.07. The van der Waals surface area contributed by atoms with Crippen LogP contribution in [0.2, 0.25) is 0 Å². The summed E-state index contributed by atoms with van der Waals surface area (Å²) in [6.07, 6.45) is 1.01. The summed E-state index contributed by atoms with van der Waals surface area (Å²) in [7, 11) is -4.08. The predicted octanol–water partition coefficient (Wildman–Crippen LogP) is 1.13. The lowest BCUT2D eigenvalue weighted by atomic mass is 10.2. The molecule has 0 unspecified atom stereocenters. The molecule has 19 heavy (non-hydrogen) atoms. The van der Waals surface area contributed by atoms with Crippen LogP contribution in [0.25, 0.3) is 0 Å². The first-order chi connectivity index (χ1) is 8.88. The molecular weight excluding hydrogens is 270 g/mol. The topological polar surface area (TPSA) is 93.0 Å². The molecule has 1 heterocycles. The minimum atomic E-state index is -4.08. The van der Waals surface area contributed by atoms with Crippen LogP contribution < -0.4 is 4.74 Å². The zero-order chi connectivity index (χ0) is 14.0. The molecule has 7 heteroatoms. The monoisotopic (exact) mass is 281 g/mol. The number of ether oxygens (including phenoxy) is 1. The van der Waals surface area contributed by atoms with Crippen molar-refractivity contribution in [3.63, 3.8) is 0 Å². The molecular formula is C12H11NO5S. The van der Waals surface area contributed by atoms with Crippen LogP contribution in [0.5, 0.6) is 5.75 Å². The fourth-order valence-corrected chi connectivity index (χ4v) is 2.58. The van der Waals surface area contributed by atoms with Gasteiger partial charge < -0.3 is 9.84 Å². The molecule has 0 fully saturated rings. The Morgan fingerprint density at radius 3 is 2.74 bits per heavy atom. The van der Waals surface area contributed by atoms with Crippen LogP contribution in [0, 0.1) is 6.92 Å². The van der Waals surface area contributed by atoms with Gasteiger partial charge in [-0.25, -0.2) is 4.79 Å². The number of carbonyl (C=O) groups is 1. The number of sulfonamides is 1. The molecule has 0 amide bonds. The van der Waals surface area contributed by atoms with Crippen molar-refractivity contribution in [1.82, 2.24) is 0 Å². The van der Waals surface area contributed by atoms with Crippen molar-refractivity contribution < 1.29 is 23.1 Å². The summed E-state index contributed by atoms with van der Waals surface area (Å²) in [5.41, 5.74) is 1.07. The Morgan fingerprint density at radius 2 is 2.16 bits per heavy atom. The lowest BCUT2D eigenvalue weighted by Gasteiger charge is -2.04. The number of hydrogen-bond donors (Lipinski definition) is 1. The predicted molar refractivity (Wildman–Crippen MR) is 68.7 cm³/mol. The number of carboxylic acid groups (broad SMARTS) is 1. The molecule has 0 saturated heterocycles. The van der Waals surface area contributed by atoms with E-state index in [2.05, 4.69) is 4.40 Å². The maximum atomic E-state index is 11.4. The average molecular weight is 281 g/mol.